The standard InChI is InChI=1S/C21H26F2N2O4/c1-14-3-2-4-21(12-14)25(19(26)15-9-16(22)11-17(23)10-15)18(13-29-21)20(27)24-5-7-28-8-6-24/h9-11,14,18H,2-8,12-13H2,1H3/t14-,18-,21+/m0/s1. The van der Waals surface area contributed by atoms with E-state index in [2.05, 4.69) is 6.92 Å². The predicted octanol–water partition coefficient (Wildman–Crippen LogP) is 2.57. The molecule has 3 fully saturated rings. The van der Waals surface area contributed by atoms with Gasteiger partial charge in [-0.2, -0.15) is 0 Å². The van der Waals surface area contributed by atoms with Gasteiger partial charge in [-0.3, -0.25) is 14.5 Å². The second-order valence-corrected chi connectivity index (χ2v) is 8.25. The monoisotopic (exact) mass is 408 g/mol. The van der Waals surface area contributed by atoms with Gasteiger partial charge in [0.2, 0.25) is 5.91 Å². The molecule has 3 atom stereocenters. The van der Waals surface area contributed by atoms with Crippen LogP contribution < -0.4 is 0 Å². The molecule has 1 spiro atoms. The van der Waals surface area contributed by atoms with Gasteiger partial charge in [-0.05, 0) is 37.3 Å². The van der Waals surface area contributed by atoms with Crippen molar-refractivity contribution in [3.8, 4) is 0 Å². The van der Waals surface area contributed by atoms with E-state index in [-0.39, 0.29) is 18.1 Å². The molecule has 3 aliphatic rings. The molecule has 4 rings (SSSR count). The highest BCUT2D eigenvalue weighted by Gasteiger charge is 2.54. The van der Waals surface area contributed by atoms with Gasteiger partial charge in [0.05, 0.1) is 19.8 Å². The van der Waals surface area contributed by atoms with Crippen molar-refractivity contribution in [2.45, 2.75) is 44.4 Å². The van der Waals surface area contributed by atoms with E-state index in [0.717, 1.165) is 31.0 Å². The zero-order valence-corrected chi connectivity index (χ0v) is 16.5. The SMILES string of the molecule is C[C@H]1CCC[C@]2(C1)OC[C@@H](C(=O)N1CCOCC1)N2C(=O)c1cc(F)cc(F)c1. The second-order valence-electron chi connectivity index (χ2n) is 8.25. The lowest BCUT2D eigenvalue weighted by Gasteiger charge is -2.44. The number of morpholine rings is 1. The predicted molar refractivity (Wildman–Crippen MR) is 100 cm³/mol. The number of ether oxygens (including phenoxy) is 2. The third-order valence-corrected chi connectivity index (χ3v) is 6.13. The Bertz CT molecular complexity index is 779. The number of nitrogens with zero attached hydrogens (tertiary/aromatic N) is 2. The van der Waals surface area contributed by atoms with E-state index in [9.17, 15) is 18.4 Å². The summed E-state index contributed by atoms with van der Waals surface area (Å²) < 4.78 is 39.0. The van der Waals surface area contributed by atoms with Gasteiger partial charge in [-0.15, -0.1) is 0 Å². The van der Waals surface area contributed by atoms with Crippen LogP contribution in [0.25, 0.3) is 0 Å². The third-order valence-electron chi connectivity index (χ3n) is 6.13. The van der Waals surface area contributed by atoms with Crippen LogP contribution >= 0.6 is 0 Å². The van der Waals surface area contributed by atoms with Gasteiger partial charge in [0, 0.05) is 24.7 Å². The highest BCUT2D eigenvalue weighted by Crippen LogP contribution is 2.43. The Hall–Kier alpha value is -2.06. The second kappa shape index (κ2) is 7.99. The summed E-state index contributed by atoms with van der Waals surface area (Å²) >= 11 is 0. The summed E-state index contributed by atoms with van der Waals surface area (Å²) in [5.41, 5.74) is -1.02. The zero-order chi connectivity index (χ0) is 20.6. The number of rotatable bonds is 2. The number of benzene rings is 1. The minimum Gasteiger partial charge on any atom is -0.378 e. The van der Waals surface area contributed by atoms with E-state index in [1.807, 2.05) is 0 Å². The van der Waals surface area contributed by atoms with Crippen LogP contribution in [0.4, 0.5) is 8.78 Å². The van der Waals surface area contributed by atoms with E-state index in [1.165, 1.54) is 4.90 Å². The summed E-state index contributed by atoms with van der Waals surface area (Å²) in [6, 6.07) is 1.95. The minimum atomic E-state index is -0.913. The Morgan fingerprint density at radius 1 is 1.14 bits per heavy atom. The van der Waals surface area contributed by atoms with Gasteiger partial charge in [-0.1, -0.05) is 13.3 Å². The first-order valence-corrected chi connectivity index (χ1v) is 10.2. The van der Waals surface area contributed by atoms with Crippen molar-refractivity contribution in [2.75, 3.05) is 32.9 Å². The van der Waals surface area contributed by atoms with Crippen LogP contribution in [-0.4, -0.2) is 66.3 Å². The fraction of sp³-hybridized carbons (Fsp3) is 0.619. The summed E-state index contributed by atoms with van der Waals surface area (Å²) in [6.45, 7) is 3.98. The van der Waals surface area contributed by atoms with E-state index >= 15 is 0 Å². The summed E-state index contributed by atoms with van der Waals surface area (Å²) in [5, 5.41) is 0. The average molecular weight is 408 g/mol. The molecule has 1 aromatic rings. The van der Waals surface area contributed by atoms with Gasteiger partial charge in [-0.25, -0.2) is 8.78 Å². The van der Waals surface area contributed by atoms with Crippen LogP contribution in [0, 0.1) is 17.6 Å². The van der Waals surface area contributed by atoms with Crippen LogP contribution in [0.5, 0.6) is 0 Å². The molecule has 1 aromatic carbocycles. The molecule has 0 radical (unpaired) electrons. The van der Waals surface area contributed by atoms with E-state index < -0.39 is 29.3 Å². The Labute approximate surface area is 168 Å². The van der Waals surface area contributed by atoms with Gasteiger partial charge in [0.1, 0.15) is 23.4 Å². The topological polar surface area (TPSA) is 59.1 Å². The summed E-state index contributed by atoms with van der Waals surface area (Å²) in [7, 11) is 0. The van der Waals surface area contributed by atoms with Gasteiger partial charge in [0.25, 0.3) is 5.91 Å². The largest absolute Gasteiger partial charge is 0.378 e. The van der Waals surface area contributed by atoms with Crippen LogP contribution in [0.15, 0.2) is 18.2 Å². The maximum Gasteiger partial charge on any atom is 0.257 e. The molecule has 6 nitrogen and oxygen atoms in total. The minimum absolute atomic E-state index is 0.0897. The molecule has 1 saturated carbocycles. The average Bonchev–Trinajstić information content (AvgIpc) is 3.04. The van der Waals surface area contributed by atoms with E-state index in [1.54, 1.807) is 4.90 Å². The molecule has 158 valence electrons. The molecule has 29 heavy (non-hydrogen) atoms. The van der Waals surface area contributed by atoms with E-state index in [0.29, 0.717) is 45.1 Å². The number of hydrogen-bond donors (Lipinski definition) is 0. The molecular weight excluding hydrogens is 382 g/mol. The maximum atomic E-state index is 13.8. The normalized spacial score (nSPS) is 30.0. The van der Waals surface area contributed by atoms with Crippen molar-refractivity contribution in [3.05, 3.63) is 35.4 Å². The Kier molecular flexibility index (Phi) is 5.57. The molecule has 1 aliphatic carbocycles. The number of halogens is 2. The van der Waals surface area contributed by atoms with Crippen molar-refractivity contribution >= 4 is 11.8 Å². The fourth-order valence-electron chi connectivity index (χ4n) is 4.81. The first-order chi connectivity index (χ1) is 13.9. The first kappa shape index (κ1) is 20.2. The molecule has 8 heteroatoms. The number of carbonyl (C=O) groups excluding carboxylic acids is 2. The number of carbonyl (C=O) groups is 2. The highest BCUT2D eigenvalue weighted by molar-refractivity contribution is 5.98. The molecule has 0 bridgehead atoms. The first-order valence-electron chi connectivity index (χ1n) is 10.2. The zero-order valence-electron chi connectivity index (χ0n) is 16.5. The van der Waals surface area contributed by atoms with Crippen molar-refractivity contribution in [1.82, 2.24) is 9.80 Å². The third kappa shape index (κ3) is 3.88. The Morgan fingerprint density at radius 2 is 1.83 bits per heavy atom. The molecule has 2 saturated heterocycles. The Morgan fingerprint density at radius 3 is 2.48 bits per heavy atom. The molecule has 0 unspecified atom stereocenters. The van der Waals surface area contributed by atoms with E-state index in [4.69, 9.17) is 9.47 Å². The molecule has 2 amide bonds. The summed E-state index contributed by atoms with van der Waals surface area (Å²) in [6.07, 6.45) is 3.09. The molecular formula is C21H26F2N2O4. The van der Waals surface area contributed by atoms with Crippen molar-refractivity contribution in [1.29, 1.82) is 0 Å². The number of hydrogen-bond acceptors (Lipinski definition) is 4. The molecule has 0 N–H and O–H groups in total. The summed E-state index contributed by atoms with van der Waals surface area (Å²) in [4.78, 5) is 29.8. The van der Waals surface area contributed by atoms with Crippen LogP contribution in [0.2, 0.25) is 0 Å². The lowest BCUT2D eigenvalue weighted by atomic mass is 9.83. The Balaban J connectivity index is 1.69. The van der Waals surface area contributed by atoms with Gasteiger partial charge in [0.15, 0.2) is 0 Å². The lowest BCUT2D eigenvalue weighted by Crippen LogP contribution is -2.58. The smallest absolute Gasteiger partial charge is 0.257 e. The highest BCUT2D eigenvalue weighted by atomic mass is 19.1. The van der Waals surface area contributed by atoms with Gasteiger partial charge < -0.3 is 14.4 Å². The van der Waals surface area contributed by atoms with Crippen molar-refractivity contribution in [2.24, 2.45) is 5.92 Å². The van der Waals surface area contributed by atoms with Crippen molar-refractivity contribution < 1.29 is 27.8 Å². The molecule has 2 heterocycles. The summed E-state index contributed by atoms with van der Waals surface area (Å²) in [5.74, 6) is -2.10. The lowest BCUT2D eigenvalue weighted by molar-refractivity contribution is -0.141. The maximum absolute atomic E-state index is 13.8. The van der Waals surface area contributed by atoms with Crippen LogP contribution in [-0.2, 0) is 14.3 Å². The fourth-order valence-corrected chi connectivity index (χ4v) is 4.81. The number of amides is 2. The van der Waals surface area contributed by atoms with Crippen LogP contribution in [0.3, 0.4) is 0 Å². The quantitative estimate of drug-likeness (QED) is 0.755. The van der Waals surface area contributed by atoms with Crippen molar-refractivity contribution in [3.63, 3.8) is 0 Å². The van der Waals surface area contributed by atoms with Crippen LogP contribution in [0.1, 0.15) is 43.0 Å². The molecule has 2 aliphatic heterocycles. The molecule has 0 aromatic heterocycles. The van der Waals surface area contributed by atoms with Gasteiger partial charge >= 0.3 is 0 Å².